The van der Waals surface area contributed by atoms with Crippen molar-refractivity contribution in [3.63, 3.8) is 0 Å². The van der Waals surface area contributed by atoms with Crippen LogP contribution in [0.25, 0.3) is 10.2 Å². The molecule has 1 heterocycles. The lowest BCUT2D eigenvalue weighted by atomic mass is 10.3. The van der Waals surface area contributed by atoms with Gasteiger partial charge in [0.25, 0.3) is 0 Å². The number of carbonyl (C=O) groups excluding carboxylic acids is 1. The molecule has 0 bridgehead atoms. The molecule has 1 amide bonds. The van der Waals surface area contributed by atoms with E-state index in [1.165, 1.54) is 11.3 Å². The van der Waals surface area contributed by atoms with Gasteiger partial charge in [-0.25, -0.2) is 4.98 Å². The summed E-state index contributed by atoms with van der Waals surface area (Å²) in [5.41, 5.74) is 7.28. The van der Waals surface area contributed by atoms with Gasteiger partial charge < -0.3 is 20.7 Å². The number of hydrogen-bond acceptors (Lipinski definition) is 6. The van der Waals surface area contributed by atoms with Crippen LogP contribution < -0.4 is 11.1 Å². The SMILES string of the molecule is COCCN(C)CCC(=O)Nc1nc2ccc(N)cc2s1. The van der Waals surface area contributed by atoms with Crippen LogP contribution in [0, 0.1) is 0 Å². The largest absolute Gasteiger partial charge is 0.399 e. The number of thiazole rings is 1. The average molecular weight is 308 g/mol. The second-order valence-corrected chi connectivity index (χ2v) is 5.87. The van der Waals surface area contributed by atoms with Crippen molar-refractivity contribution in [2.24, 2.45) is 0 Å². The molecule has 0 aliphatic rings. The number of nitrogens with zero attached hydrogens (tertiary/aromatic N) is 2. The first-order valence-corrected chi connectivity index (χ1v) is 7.53. The molecule has 0 radical (unpaired) electrons. The van der Waals surface area contributed by atoms with Crippen molar-refractivity contribution >= 4 is 38.3 Å². The van der Waals surface area contributed by atoms with Crippen LogP contribution in [0.5, 0.6) is 0 Å². The molecule has 7 heteroatoms. The lowest BCUT2D eigenvalue weighted by Crippen LogP contribution is -2.27. The number of nitrogens with two attached hydrogens (primary N) is 1. The number of nitrogens with one attached hydrogen (secondary N) is 1. The maximum atomic E-state index is 11.9. The van der Waals surface area contributed by atoms with E-state index >= 15 is 0 Å². The zero-order chi connectivity index (χ0) is 15.2. The summed E-state index contributed by atoms with van der Waals surface area (Å²) >= 11 is 1.43. The molecule has 21 heavy (non-hydrogen) atoms. The van der Waals surface area contributed by atoms with Crippen LogP contribution in [0.1, 0.15) is 6.42 Å². The van der Waals surface area contributed by atoms with Gasteiger partial charge in [-0.1, -0.05) is 11.3 Å². The van der Waals surface area contributed by atoms with Crippen LogP contribution in [0.4, 0.5) is 10.8 Å². The number of nitrogen functional groups attached to an aromatic ring is 1. The number of anilines is 2. The minimum Gasteiger partial charge on any atom is -0.399 e. The minimum atomic E-state index is -0.0358. The van der Waals surface area contributed by atoms with E-state index in [1.54, 1.807) is 13.2 Å². The molecule has 0 aliphatic carbocycles. The van der Waals surface area contributed by atoms with Gasteiger partial charge in [-0.05, 0) is 25.2 Å². The fraction of sp³-hybridized carbons (Fsp3) is 0.429. The summed E-state index contributed by atoms with van der Waals surface area (Å²) < 4.78 is 5.97. The summed E-state index contributed by atoms with van der Waals surface area (Å²) in [4.78, 5) is 18.3. The molecular formula is C14H20N4O2S. The zero-order valence-electron chi connectivity index (χ0n) is 12.3. The highest BCUT2D eigenvalue weighted by atomic mass is 32.1. The smallest absolute Gasteiger partial charge is 0.227 e. The first-order valence-electron chi connectivity index (χ1n) is 6.72. The predicted octanol–water partition coefficient (Wildman–Crippen LogP) is 1.79. The van der Waals surface area contributed by atoms with E-state index in [9.17, 15) is 4.79 Å². The maximum absolute atomic E-state index is 11.9. The Kier molecular flexibility index (Phi) is 5.49. The highest BCUT2D eigenvalue weighted by Gasteiger charge is 2.09. The topological polar surface area (TPSA) is 80.5 Å². The number of likely N-dealkylation sites (N-methyl/N-ethyl adjacent to an activating group) is 1. The Morgan fingerprint density at radius 1 is 1.48 bits per heavy atom. The van der Waals surface area contributed by atoms with Crippen molar-refractivity contribution in [3.8, 4) is 0 Å². The Bertz CT molecular complexity index is 614. The second kappa shape index (κ2) is 7.35. The average Bonchev–Trinajstić information content (AvgIpc) is 2.84. The fourth-order valence-corrected chi connectivity index (χ4v) is 2.76. The van der Waals surface area contributed by atoms with Crippen molar-refractivity contribution in [1.29, 1.82) is 0 Å². The number of carbonyl (C=O) groups is 1. The Morgan fingerprint density at radius 3 is 3.05 bits per heavy atom. The molecule has 0 spiro atoms. The second-order valence-electron chi connectivity index (χ2n) is 4.84. The van der Waals surface area contributed by atoms with Crippen LogP contribution in [0.3, 0.4) is 0 Å². The molecule has 2 rings (SSSR count). The summed E-state index contributed by atoms with van der Waals surface area (Å²) in [6.07, 6.45) is 0.429. The summed E-state index contributed by atoms with van der Waals surface area (Å²) in [6, 6.07) is 5.52. The first-order chi connectivity index (χ1) is 10.1. The van der Waals surface area contributed by atoms with E-state index in [2.05, 4.69) is 15.2 Å². The molecule has 114 valence electrons. The van der Waals surface area contributed by atoms with Crippen molar-refractivity contribution in [2.75, 3.05) is 44.9 Å². The van der Waals surface area contributed by atoms with E-state index in [0.29, 0.717) is 30.4 Å². The van der Waals surface area contributed by atoms with Gasteiger partial charge in [-0.3, -0.25) is 4.79 Å². The molecule has 2 aromatic rings. The van der Waals surface area contributed by atoms with Gasteiger partial charge in [0.15, 0.2) is 5.13 Å². The van der Waals surface area contributed by atoms with Gasteiger partial charge in [-0.15, -0.1) is 0 Å². The molecule has 0 atom stereocenters. The molecule has 1 aromatic carbocycles. The molecule has 0 saturated heterocycles. The number of ether oxygens (including phenoxy) is 1. The van der Waals surface area contributed by atoms with Gasteiger partial charge in [0, 0.05) is 32.3 Å². The Labute approximate surface area is 127 Å². The monoisotopic (exact) mass is 308 g/mol. The zero-order valence-corrected chi connectivity index (χ0v) is 13.1. The van der Waals surface area contributed by atoms with Crippen LogP contribution in [-0.4, -0.2) is 49.6 Å². The van der Waals surface area contributed by atoms with E-state index in [0.717, 1.165) is 16.8 Å². The number of benzene rings is 1. The third-order valence-corrected chi connectivity index (χ3v) is 3.99. The highest BCUT2D eigenvalue weighted by Crippen LogP contribution is 2.27. The Morgan fingerprint density at radius 2 is 2.29 bits per heavy atom. The van der Waals surface area contributed by atoms with Gasteiger partial charge in [0.05, 0.1) is 16.8 Å². The lowest BCUT2D eigenvalue weighted by Gasteiger charge is -2.15. The minimum absolute atomic E-state index is 0.0358. The quantitative estimate of drug-likeness (QED) is 0.762. The lowest BCUT2D eigenvalue weighted by molar-refractivity contribution is -0.116. The summed E-state index contributed by atoms with van der Waals surface area (Å²) in [5, 5.41) is 3.44. The van der Waals surface area contributed by atoms with Crippen molar-refractivity contribution in [3.05, 3.63) is 18.2 Å². The summed E-state index contributed by atoms with van der Waals surface area (Å²) in [6.45, 7) is 2.16. The molecular weight excluding hydrogens is 288 g/mol. The third kappa shape index (κ3) is 4.66. The predicted molar refractivity (Wildman–Crippen MR) is 86.7 cm³/mol. The molecule has 3 N–H and O–H groups in total. The standard InChI is InChI=1S/C14H20N4O2S/c1-18(7-8-20-2)6-5-13(19)17-14-16-11-4-3-10(15)9-12(11)21-14/h3-4,9H,5-8,15H2,1-2H3,(H,16,17,19). The van der Waals surface area contributed by atoms with E-state index in [1.807, 2.05) is 19.2 Å². The fourth-order valence-electron chi connectivity index (χ4n) is 1.83. The molecule has 1 aromatic heterocycles. The number of amides is 1. The normalized spacial score (nSPS) is 11.2. The molecule has 0 aliphatic heterocycles. The third-order valence-electron chi connectivity index (χ3n) is 3.06. The number of aromatic nitrogens is 1. The van der Waals surface area contributed by atoms with Crippen LogP contribution in [-0.2, 0) is 9.53 Å². The molecule has 0 fully saturated rings. The van der Waals surface area contributed by atoms with Gasteiger partial charge >= 0.3 is 0 Å². The van der Waals surface area contributed by atoms with Crippen molar-refractivity contribution in [2.45, 2.75) is 6.42 Å². The maximum Gasteiger partial charge on any atom is 0.227 e. The Balaban J connectivity index is 1.86. The summed E-state index contributed by atoms with van der Waals surface area (Å²) in [5.74, 6) is -0.0358. The van der Waals surface area contributed by atoms with Crippen LogP contribution in [0.2, 0.25) is 0 Å². The first kappa shape index (κ1) is 15.7. The van der Waals surface area contributed by atoms with Gasteiger partial charge in [-0.2, -0.15) is 0 Å². The van der Waals surface area contributed by atoms with E-state index in [4.69, 9.17) is 10.5 Å². The van der Waals surface area contributed by atoms with Gasteiger partial charge in [0.2, 0.25) is 5.91 Å². The van der Waals surface area contributed by atoms with Crippen molar-refractivity contribution in [1.82, 2.24) is 9.88 Å². The Hall–Kier alpha value is -1.70. The van der Waals surface area contributed by atoms with E-state index in [-0.39, 0.29) is 5.91 Å². The number of hydrogen-bond donors (Lipinski definition) is 2. The molecule has 6 nitrogen and oxygen atoms in total. The summed E-state index contributed by atoms with van der Waals surface area (Å²) in [7, 11) is 3.63. The van der Waals surface area contributed by atoms with Crippen molar-refractivity contribution < 1.29 is 9.53 Å². The number of rotatable bonds is 7. The number of fused-ring (bicyclic) bond motifs is 1. The van der Waals surface area contributed by atoms with Crippen LogP contribution in [0.15, 0.2) is 18.2 Å². The van der Waals surface area contributed by atoms with E-state index < -0.39 is 0 Å². The number of methoxy groups -OCH3 is 1. The molecule has 0 saturated carbocycles. The molecule has 0 unspecified atom stereocenters. The highest BCUT2D eigenvalue weighted by molar-refractivity contribution is 7.22. The van der Waals surface area contributed by atoms with Gasteiger partial charge in [0.1, 0.15) is 0 Å². The van der Waals surface area contributed by atoms with Crippen LogP contribution >= 0.6 is 11.3 Å².